The van der Waals surface area contributed by atoms with Crippen LogP contribution in [-0.2, 0) is 9.53 Å². The first kappa shape index (κ1) is 21.2. The number of nitrogens with one attached hydrogen (secondary N) is 1. The number of hydrogen-bond donors (Lipinski definition) is 1. The highest BCUT2D eigenvalue weighted by Gasteiger charge is 2.27. The van der Waals surface area contributed by atoms with Crippen LogP contribution in [0, 0.1) is 6.92 Å². The van der Waals surface area contributed by atoms with Gasteiger partial charge >= 0.3 is 5.97 Å². The number of thiophene rings is 1. The third kappa shape index (κ3) is 4.80. The number of rotatable bonds is 7. The highest BCUT2D eigenvalue weighted by atomic mass is 32.1. The molecule has 9 heteroatoms. The van der Waals surface area contributed by atoms with Crippen LogP contribution in [0.3, 0.4) is 0 Å². The summed E-state index contributed by atoms with van der Waals surface area (Å²) in [6.07, 6.45) is 0. The Morgan fingerprint density at radius 3 is 2.21 bits per heavy atom. The lowest BCUT2D eigenvalue weighted by Gasteiger charge is -2.08. The molecule has 0 bridgehead atoms. The Hall–Kier alpha value is -3.07. The molecular weight excluding hydrogens is 384 g/mol. The van der Waals surface area contributed by atoms with Crippen molar-refractivity contribution in [1.29, 1.82) is 0 Å². The predicted octanol–water partition coefficient (Wildman–Crippen LogP) is 2.57. The van der Waals surface area contributed by atoms with Crippen LogP contribution >= 0.6 is 11.3 Å². The molecule has 0 aliphatic rings. The van der Waals surface area contributed by atoms with Gasteiger partial charge in [-0.3, -0.25) is 9.59 Å². The molecule has 1 aromatic carbocycles. The second-order valence-corrected chi connectivity index (χ2v) is 6.98. The van der Waals surface area contributed by atoms with Gasteiger partial charge in [0, 0.05) is 14.1 Å². The first-order valence-corrected chi connectivity index (χ1v) is 9.10. The van der Waals surface area contributed by atoms with Crippen molar-refractivity contribution in [3.05, 3.63) is 40.3 Å². The molecule has 0 spiro atoms. The van der Waals surface area contributed by atoms with Crippen LogP contribution in [0.4, 0.5) is 5.00 Å². The van der Waals surface area contributed by atoms with E-state index in [-0.39, 0.29) is 23.1 Å². The van der Waals surface area contributed by atoms with Crippen LogP contribution in [0.1, 0.15) is 25.6 Å². The Bertz CT molecular complexity index is 873. The van der Waals surface area contributed by atoms with Crippen molar-refractivity contribution >= 4 is 34.1 Å². The summed E-state index contributed by atoms with van der Waals surface area (Å²) >= 11 is 1.03. The Balaban J connectivity index is 2.16. The molecule has 0 radical (unpaired) electrons. The van der Waals surface area contributed by atoms with E-state index in [0.29, 0.717) is 21.9 Å². The number of benzene rings is 1. The molecule has 150 valence electrons. The molecule has 0 saturated heterocycles. The molecular formula is C19H22N2O6S. The van der Waals surface area contributed by atoms with E-state index in [1.165, 1.54) is 12.0 Å². The van der Waals surface area contributed by atoms with Gasteiger partial charge in [0.15, 0.2) is 6.61 Å². The number of hydrogen-bond acceptors (Lipinski definition) is 7. The van der Waals surface area contributed by atoms with Gasteiger partial charge in [0.25, 0.3) is 11.8 Å². The van der Waals surface area contributed by atoms with E-state index in [9.17, 15) is 14.4 Å². The van der Waals surface area contributed by atoms with Crippen LogP contribution in [0.2, 0.25) is 0 Å². The summed E-state index contributed by atoms with van der Waals surface area (Å²) in [5.41, 5.74) is 0.623. The van der Waals surface area contributed by atoms with E-state index in [1.54, 1.807) is 52.4 Å². The summed E-state index contributed by atoms with van der Waals surface area (Å²) in [5.74, 6) is -0.187. The fourth-order valence-electron chi connectivity index (χ4n) is 2.34. The summed E-state index contributed by atoms with van der Waals surface area (Å²) in [6, 6.07) is 6.78. The zero-order chi connectivity index (χ0) is 20.8. The third-order valence-electron chi connectivity index (χ3n) is 3.82. The van der Waals surface area contributed by atoms with Crippen molar-refractivity contribution in [3.8, 4) is 11.5 Å². The lowest BCUT2D eigenvalue weighted by Crippen LogP contribution is -2.21. The Labute approximate surface area is 167 Å². The predicted molar refractivity (Wildman–Crippen MR) is 106 cm³/mol. The van der Waals surface area contributed by atoms with Crippen LogP contribution < -0.4 is 14.8 Å². The number of nitrogens with zero attached hydrogens (tertiary/aromatic N) is 1. The Morgan fingerprint density at radius 1 is 1.07 bits per heavy atom. The third-order valence-corrected chi connectivity index (χ3v) is 5.01. The lowest BCUT2D eigenvalue weighted by molar-refractivity contribution is -0.118. The van der Waals surface area contributed by atoms with Crippen molar-refractivity contribution < 1.29 is 28.6 Å². The SMILES string of the molecule is COC(=O)c1c(NC(=O)COc2ccc(OC)cc2)sc(C(=O)N(C)C)c1C. The molecule has 0 saturated carbocycles. The van der Waals surface area contributed by atoms with Crippen molar-refractivity contribution in [3.63, 3.8) is 0 Å². The fraction of sp³-hybridized carbons (Fsp3) is 0.316. The monoisotopic (exact) mass is 406 g/mol. The molecule has 1 heterocycles. The van der Waals surface area contributed by atoms with Crippen molar-refractivity contribution in [1.82, 2.24) is 4.90 Å². The zero-order valence-electron chi connectivity index (χ0n) is 16.3. The van der Waals surface area contributed by atoms with Crippen molar-refractivity contribution in [2.45, 2.75) is 6.92 Å². The number of carbonyl (C=O) groups is 3. The molecule has 0 aliphatic heterocycles. The molecule has 0 atom stereocenters. The van der Waals surface area contributed by atoms with Crippen LogP contribution in [0.5, 0.6) is 11.5 Å². The van der Waals surface area contributed by atoms with E-state index in [4.69, 9.17) is 14.2 Å². The van der Waals surface area contributed by atoms with Gasteiger partial charge in [-0.25, -0.2) is 4.79 Å². The molecule has 2 aromatic rings. The first-order chi connectivity index (χ1) is 13.3. The maximum Gasteiger partial charge on any atom is 0.341 e. The van der Waals surface area contributed by atoms with Gasteiger partial charge < -0.3 is 24.4 Å². The van der Waals surface area contributed by atoms with Gasteiger partial charge in [-0.05, 0) is 36.8 Å². The molecule has 1 aromatic heterocycles. The number of esters is 1. The minimum atomic E-state index is -0.627. The summed E-state index contributed by atoms with van der Waals surface area (Å²) in [5, 5.41) is 2.88. The van der Waals surface area contributed by atoms with E-state index < -0.39 is 11.9 Å². The number of ether oxygens (including phenoxy) is 3. The maximum atomic E-state index is 12.3. The quantitative estimate of drug-likeness (QED) is 0.711. The Morgan fingerprint density at radius 2 is 1.68 bits per heavy atom. The van der Waals surface area contributed by atoms with Crippen LogP contribution in [0.25, 0.3) is 0 Å². The summed E-state index contributed by atoms with van der Waals surface area (Å²) in [7, 11) is 6.02. The van der Waals surface area contributed by atoms with Gasteiger partial charge in [-0.15, -0.1) is 11.3 Å². The highest BCUT2D eigenvalue weighted by molar-refractivity contribution is 7.18. The minimum Gasteiger partial charge on any atom is -0.497 e. The highest BCUT2D eigenvalue weighted by Crippen LogP contribution is 2.34. The number of anilines is 1. The average molecular weight is 406 g/mol. The average Bonchev–Trinajstić information content (AvgIpc) is 3.01. The standard InChI is InChI=1S/C19H22N2O6S/c1-11-15(19(24)26-5)17(28-16(11)18(23)21(2)3)20-14(22)10-27-13-8-6-12(25-4)7-9-13/h6-9H,10H2,1-5H3,(H,20,22). The molecule has 28 heavy (non-hydrogen) atoms. The molecule has 0 unspecified atom stereocenters. The number of methoxy groups -OCH3 is 2. The fourth-order valence-corrected chi connectivity index (χ4v) is 3.57. The molecule has 2 amide bonds. The summed E-state index contributed by atoms with van der Waals surface area (Å²) in [6.45, 7) is 1.38. The Kier molecular flexibility index (Phi) is 7.00. The lowest BCUT2D eigenvalue weighted by atomic mass is 10.1. The van der Waals surface area contributed by atoms with Crippen LogP contribution in [0.15, 0.2) is 24.3 Å². The molecule has 1 N–H and O–H groups in total. The van der Waals surface area contributed by atoms with E-state index in [0.717, 1.165) is 11.3 Å². The van der Waals surface area contributed by atoms with Gasteiger partial charge in [0.05, 0.1) is 24.7 Å². The second kappa shape index (κ2) is 9.23. The largest absolute Gasteiger partial charge is 0.497 e. The molecule has 0 fully saturated rings. The van der Waals surface area contributed by atoms with E-state index in [2.05, 4.69) is 5.32 Å². The number of carbonyl (C=O) groups excluding carboxylic acids is 3. The molecule has 2 rings (SSSR count). The second-order valence-electron chi connectivity index (χ2n) is 5.96. The zero-order valence-corrected chi connectivity index (χ0v) is 17.1. The minimum absolute atomic E-state index is 0.162. The molecule has 8 nitrogen and oxygen atoms in total. The topological polar surface area (TPSA) is 94.2 Å². The van der Waals surface area contributed by atoms with Crippen LogP contribution in [-0.4, -0.2) is 57.6 Å². The van der Waals surface area contributed by atoms with Gasteiger partial charge in [-0.2, -0.15) is 0 Å². The van der Waals surface area contributed by atoms with E-state index >= 15 is 0 Å². The van der Waals surface area contributed by atoms with Gasteiger partial charge in [0.2, 0.25) is 0 Å². The van der Waals surface area contributed by atoms with Gasteiger partial charge in [-0.1, -0.05) is 0 Å². The van der Waals surface area contributed by atoms with E-state index in [1.807, 2.05) is 0 Å². The molecule has 0 aliphatic carbocycles. The summed E-state index contributed by atoms with van der Waals surface area (Å²) in [4.78, 5) is 38.5. The van der Waals surface area contributed by atoms with Crippen molar-refractivity contribution in [2.75, 3.05) is 40.2 Å². The maximum absolute atomic E-state index is 12.3. The normalized spacial score (nSPS) is 10.2. The van der Waals surface area contributed by atoms with Crippen molar-refractivity contribution in [2.24, 2.45) is 0 Å². The smallest absolute Gasteiger partial charge is 0.341 e. The summed E-state index contributed by atoms with van der Waals surface area (Å²) < 4.78 is 15.3. The van der Waals surface area contributed by atoms with Gasteiger partial charge in [0.1, 0.15) is 16.5 Å². The first-order valence-electron chi connectivity index (χ1n) is 8.28. The number of amides is 2.